The van der Waals surface area contributed by atoms with Gasteiger partial charge in [-0.15, -0.1) is 0 Å². The molecule has 122 valence electrons. The summed E-state index contributed by atoms with van der Waals surface area (Å²) in [6, 6.07) is 18.5. The van der Waals surface area contributed by atoms with Crippen LogP contribution in [0.15, 0.2) is 66.4 Å². The van der Waals surface area contributed by atoms with Gasteiger partial charge >= 0.3 is 0 Å². The molecule has 1 heterocycles. The summed E-state index contributed by atoms with van der Waals surface area (Å²) in [6.07, 6.45) is 3.19. The van der Waals surface area contributed by atoms with Crippen LogP contribution in [0.25, 0.3) is 23.0 Å². The number of aromatic nitrogens is 2. The molecule has 1 aromatic heterocycles. The Bertz CT molecular complexity index is 983. The zero-order chi connectivity index (χ0) is 17.8. The van der Waals surface area contributed by atoms with Gasteiger partial charge in [-0.1, -0.05) is 41.9 Å². The van der Waals surface area contributed by atoms with Gasteiger partial charge in [-0.2, -0.15) is 10.4 Å². The van der Waals surface area contributed by atoms with E-state index in [4.69, 9.17) is 22.6 Å². The van der Waals surface area contributed by atoms with Crippen molar-refractivity contribution in [1.82, 2.24) is 9.78 Å². The predicted octanol–water partition coefficient (Wildman–Crippen LogP) is 3.58. The van der Waals surface area contributed by atoms with Crippen LogP contribution in [0.4, 0.5) is 0 Å². The van der Waals surface area contributed by atoms with Crippen molar-refractivity contribution in [2.45, 2.75) is 0 Å². The number of primary amides is 1. The Balaban J connectivity index is 2.18. The Morgan fingerprint density at radius 1 is 1.16 bits per heavy atom. The maximum atomic E-state index is 11.4. The summed E-state index contributed by atoms with van der Waals surface area (Å²) >= 11 is 5.95. The fraction of sp³-hybridized carbons (Fsp3) is 0. The van der Waals surface area contributed by atoms with Crippen molar-refractivity contribution in [2.75, 3.05) is 0 Å². The molecule has 1 amide bonds. The van der Waals surface area contributed by atoms with Gasteiger partial charge in [0, 0.05) is 22.3 Å². The van der Waals surface area contributed by atoms with Crippen LogP contribution in [-0.2, 0) is 4.79 Å². The highest BCUT2D eigenvalue weighted by Crippen LogP contribution is 2.27. The topological polar surface area (TPSA) is 84.7 Å². The Morgan fingerprint density at radius 2 is 1.84 bits per heavy atom. The van der Waals surface area contributed by atoms with Crippen LogP contribution in [0.5, 0.6) is 0 Å². The summed E-state index contributed by atoms with van der Waals surface area (Å²) < 4.78 is 1.69. The van der Waals surface area contributed by atoms with Crippen LogP contribution in [0.1, 0.15) is 5.56 Å². The molecule has 0 atom stereocenters. The van der Waals surface area contributed by atoms with E-state index in [2.05, 4.69) is 5.10 Å². The fourth-order valence-electron chi connectivity index (χ4n) is 2.35. The lowest BCUT2D eigenvalue weighted by Gasteiger charge is -2.01. The minimum absolute atomic E-state index is 0.136. The van der Waals surface area contributed by atoms with E-state index in [1.807, 2.05) is 48.5 Å². The van der Waals surface area contributed by atoms with Gasteiger partial charge in [-0.25, -0.2) is 4.68 Å². The smallest absolute Gasteiger partial charge is 0.259 e. The number of halogens is 1. The summed E-state index contributed by atoms with van der Waals surface area (Å²) in [5.41, 5.74) is 8.01. The molecule has 2 N–H and O–H groups in total. The lowest BCUT2D eigenvalue weighted by molar-refractivity contribution is -0.114. The third kappa shape index (κ3) is 3.60. The van der Waals surface area contributed by atoms with Gasteiger partial charge in [0.05, 0.1) is 11.4 Å². The van der Waals surface area contributed by atoms with Gasteiger partial charge in [-0.05, 0) is 30.3 Å². The summed E-state index contributed by atoms with van der Waals surface area (Å²) in [6.45, 7) is 0. The molecular weight excluding hydrogens is 336 g/mol. The first-order chi connectivity index (χ1) is 12.1. The van der Waals surface area contributed by atoms with E-state index in [1.54, 1.807) is 23.0 Å². The SMILES string of the molecule is N#C/C(=C\c1cn(-c2ccccc2)nc1-c1ccc(Cl)cc1)C(N)=O. The van der Waals surface area contributed by atoms with Gasteiger partial charge in [0.15, 0.2) is 0 Å². The minimum atomic E-state index is -0.781. The normalized spacial score (nSPS) is 11.1. The summed E-state index contributed by atoms with van der Waals surface area (Å²) in [5, 5.41) is 14.3. The van der Waals surface area contributed by atoms with Crippen molar-refractivity contribution in [3.8, 4) is 23.0 Å². The number of amides is 1. The number of carbonyl (C=O) groups is 1. The fourth-order valence-corrected chi connectivity index (χ4v) is 2.48. The maximum absolute atomic E-state index is 11.4. The Labute approximate surface area is 149 Å². The number of para-hydroxylation sites is 1. The molecule has 3 rings (SSSR count). The van der Waals surface area contributed by atoms with Crippen molar-refractivity contribution >= 4 is 23.6 Å². The molecule has 0 aliphatic heterocycles. The van der Waals surface area contributed by atoms with Gasteiger partial charge in [0.2, 0.25) is 0 Å². The van der Waals surface area contributed by atoms with Crippen molar-refractivity contribution in [3.63, 3.8) is 0 Å². The second-order valence-corrected chi connectivity index (χ2v) is 5.69. The van der Waals surface area contributed by atoms with E-state index in [-0.39, 0.29) is 5.57 Å². The van der Waals surface area contributed by atoms with Gasteiger partial charge in [0.1, 0.15) is 11.6 Å². The molecule has 0 saturated heterocycles. The van der Waals surface area contributed by atoms with Crippen molar-refractivity contribution in [3.05, 3.63) is 77.0 Å². The number of carbonyl (C=O) groups excluding carboxylic acids is 1. The standard InChI is InChI=1S/C19H13ClN4O/c20-16-8-6-13(7-9-16)18-15(10-14(11-21)19(22)25)12-24(23-18)17-4-2-1-3-5-17/h1-10,12H,(H2,22,25)/b14-10+. The first kappa shape index (κ1) is 16.5. The summed E-state index contributed by atoms with van der Waals surface area (Å²) in [7, 11) is 0. The number of hydrogen-bond acceptors (Lipinski definition) is 3. The van der Waals surface area contributed by atoms with E-state index >= 15 is 0 Å². The quantitative estimate of drug-likeness (QED) is 0.577. The summed E-state index contributed by atoms with van der Waals surface area (Å²) in [5.74, 6) is -0.781. The Morgan fingerprint density at radius 3 is 2.44 bits per heavy atom. The summed E-state index contributed by atoms with van der Waals surface area (Å²) in [4.78, 5) is 11.4. The molecule has 5 nitrogen and oxygen atoms in total. The highest BCUT2D eigenvalue weighted by Gasteiger charge is 2.13. The average molecular weight is 349 g/mol. The van der Waals surface area contributed by atoms with Gasteiger partial charge < -0.3 is 5.73 Å². The predicted molar refractivity (Wildman–Crippen MR) is 96.8 cm³/mol. The lowest BCUT2D eigenvalue weighted by Crippen LogP contribution is -2.12. The van der Waals surface area contributed by atoms with E-state index in [0.717, 1.165) is 11.3 Å². The molecule has 6 heteroatoms. The largest absolute Gasteiger partial charge is 0.365 e. The third-order valence-electron chi connectivity index (χ3n) is 3.57. The molecule has 0 spiro atoms. The highest BCUT2D eigenvalue weighted by atomic mass is 35.5. The molecule has 0 aliphatic rings. The van der Waals surface area contributed by atoms with Crippen molar-refractivity contribution in [2.24, 2.45) is 5.73 Å². The van der Waals surface area contributed by atoms with E-state index in [0.29, 0.717) is 16.3 Å². The van der Waals surface area contributed by atoms with Crippen LogP contribution >= 0.6 is 11.6 Å². The first-order valence-corrected chi connectivity index (χ1v) is 7.79. The Hall–Kier alpha value is -3.36. The second kappa shape index (κ2) is 7.04. The molecule has 0 saturated carbocycles. The van der Waals surface area contributed by atoms with Crippen LogP contribution in [0, 0.1) is 11.3 Å². The number of nitrogens with zero attached hydrogens (tertiary/aromatic N) is 3. The molecular formula is C19H13ClN4O. The molecule has 0 fully saturated rings. The van der Waals surface area contributed by atoms with Crippen LogP contribution in [0.3, 0.4) is 0 Å². The number of benzene rings is 2. The second-order valence-electron chi connectivity index (χ2n) is 5.25. The van der Waals surface area contributed by atoms with E-state index in [1.165, 1.54) is 6.08 Å². The first-order valence-electron chi connectivity index (χ1n) is 7.41. The molecule has 25 heavy (non-hydrogen) atoms. The van der Waals surface area contributed by atoms with Crippen molar-refractivity contribution < 1.29 is 4.79 Å². The van der Waals surface area contributed by atoms with E-state index in [9.17, 15) is 4.79 Å². The molecule has 0 radical (unpaired) electrons. The van der Waals surface area contributed by atoms with Crippen LogP contribution in [0.2, 0.25) is 5.02 Å². The number of rotatable bonds is 4. The molecule has 2 aromatic carbocycles. The van der Waals surface area contributed by atoms with Crippen molar-refractivity contribution in [1.29, 1.82) is 5.26 Å². The van der Waals surface area contributed by atoms with Gasteiger partial charge in [-0.3, -0.25) is 4.79 Å². The molecule has 0 aliphatic carbocycles. The monoisotopic (exact) mass is 348 g/mol. The molecule has 0 bridgehead atoms. The van der Waals surface area contributed by atoms with Crippen LogP contribution < -0.4 is 5.73 Å². The van der Waals surface area contributed by atoms with Crippen LogP contribution in [-0.4, -0.2) is 15.7 Å². The zero-order valence-corrected chi connectivity index (χ0v) is 13.8. The lowest BCUT2D eigenvalue weighted by atomic mass is 10.1. The Kier molecular flexibility index (Phi) is 4.64. The minimum Gasteiger partial charge on any atom is -0.365 e. The average Bonchev–Trinajstić information content (AvgIpc) is 3.04. The molecule has 0 unspecified atom stereocenters. The number of nitrogens with two attached hydrogens (primary N) is 1. The highest BCUT2D eigenvalue weighted by molar-refractivity contribution is 6.30. The third-order valence-corrected chi connectivity index (χ3v) is 3.82. The van der Waals surface area contributed by atoms with Gasteiger partial charge in [0.25, 0.3) is 5.91 Å². The number of nitriles is 1. The molecule has 3 aromatic rings. The number of hydrogen-bond donors (Lipinski definition) is 1. The van der Waals surface area contributed by atoms with E-state index < -0.39 is 5.91 Å². The maximum Gasteiger partial charge on any atom is 0.259 e. The zero-order valence-electron chi connectivity index (χ0n) is 13.1.